The zero-order valence-electron chi connectivity index (χ0n) is 8.27. The summed E-state index contributed by atoms with van der Waals surface area (Å²) < 4.78 is 0. The maximum Gasteiger partial charge on any atom is 0.238 e. The molecule has 1 aliphatic rings. The summed E-state index contributed by atoms with van der Waals surface area (Å²) in [5, 5.41) is 6.25. The van der Waals surface area contributed by atoms with Crippen LogP contribution in [0.15, 0.2) is 0 Å². The van der Waals surface area contributed by atoms with Crippen molar-refractivity contribution in [1.82, 2.24) is 10.6 Å². The van der Waals surface area contributed by atoms with Gasteiger partial charge in [0, 0.05) is 0 Å². The van der Waals surface area contributed by atoms with Crippen LogP contribution in [-0.4, -0.2) is 17.6 Å². The Morgan fingerprint density at radius 3 is 2.58 bits per heavy atom. The third kappa shape index (κ3) is 1.46. The van der Waals surface area contributed by atoms with Gasteiger partial charge in [-0.2, -0.15) is 0 Å². The molecule has 1 amide bonds. The molecule has 0 bridgehead atoms. The van der Waals surface area contributed by atoms with Gasteiger partial charge < -0.3 is 5.32 Å². The Morgan fingerprint density at radius 2 is 2.25 bits per heavy atom. The molecule has 3 atom stereocenters. The Kier molecular flexibility index (Phi) is 2.42. The lowest BCUT2D eigenvalue weighted by atomic mass is 9.94. The molecule has 1 fully saturated rings. The van der Waals surface area contributed by atoms with E-state index in [2.05, 4.69) is 24.5 Å². The molecule has 1 rings (SSSR count). The van der Waals surface area contributed by atoms with Crippen molar-refractivity contribution in [2.24, 2.45) is 5.92 Å². The molecule has 1 aliphatic heterocycles. The summed E-state index contributed by atoms with van der Waals surface area (Å²) in [7, 11) is 0. The molecule has 1 saturated heterocycles. The second-order valence-corrected chi connectivity index (χ2v) is 3.87. The van der Waals surface area contributed by atoms with Gasteiger partial charge in [0.2, 0.25) is 5.91 Å². The number of hydrogen-bond acceptors (Lipinski definition) is 2. The SMILES string of the molecule is CCC(C)C1(C)NC(=O)C(C)N1. The van der Waals surface area contributed by atoms with Gasteiger partial charge in [0.15, 0.2) is 0 Å². The summed E-state index contributed by atoms with van der Waals surface area (Å²) in [4.78, 5) is 11.2. The van der Waals surface area contributed by atoms with Crippen LogP contribution in [0.4, 0.5) is 0 Å². The third-order valence-corrected chi connectivity index (χ3v) is 2.89. The van der Waals surface area contributed by atoms with Crippen molar-refractivity contribution in [3.63, 3.8) is 0 Å². The molecule has 0 aromatic heterocycles. The monoisotopic (exact) mass is 170 g/mol. The minimum absolute atomic E-state index is 0.0519. The van der Waals surface area contributed by atoms with Crippen LogP contribution in [0.2, 0.25) is 0 Å². The topological polar surface area (TPSA) is 41.1 Å². The van der Waals surface area contributed by atoms with Crippen LogP contribution in [0.1, 0.15) is 34.1 Å². The first-order valence-electron chi connectivity index (χ1n) is 4.59. The molecule has 2 N–H and O–H groups in total. The van der Waals surface area contributed by atoms with Gasteiger partial charge in [-0.1, -0.05) is 20.3 Å². The third-order valence-electron chi connectivity index (χ3n) is 2.89. The number of amides is 1. The number of carbonyl (C=O) groups is 1. The first kappa shape index (κ1) is 9.52. The van der Waals surface area contributed by atoms with E-state index >= 15 is 0 Å². The molecular formula is C9H18N2O. The summed E-state index contributed by atoms with van der Waals surface area (Å²) in [6, 6.07) is -0.0519. The maximum atomic E-state index is 11.2. The molecule has 3 nitrogen and oxygen atoms in total. The van der Waals surface area contributed by atoms with Gasteiger partial charge in [-0.25, -0.2) is 0 Å². The van der Waals surface area contributed by atoms with Crippen LogP contribution in [0.5, 0.6) is 0 Å². The molecule has 0 aromatic rings. The molecule has 3 heteroatoms. The van der Waals surface area contributed by atoms with Crippen molar-refractivity contribution in [3.05, 3.63) is 0 Å². The Morgan fingerprint density at radius 1 is 1.67 bits per heavy atom. The predicted molar refractivity (Wildman–Crippen MR) is 48.6 cm³/mol. The van der Waals surface area contributed by atoms with Crippen LogP contribution >= 0.6 is 0 Å². The Labute approximate surface area is 73.9 Å². The quantitative estimate of drug-likeness (QED) is 0.645. The van der Waals surface area contributed by atoms with E-state index < -0.39 is 0 Å². The van der Waals surface area contributed by atoms with Crippen LogP contribution in [-0.2, 0) is 4.79 Å². The molecule has 1 heterocycles. The summed E-state index contributed by atoms with van der Waals surface area (Å²) in [5.74, 6) is 0.573. The van der Waals surface area contributed by atoms with Crippen molar-refractivity contribution in [3.8, 4) is 0 Å². The lowest BCUT2D eigenvalue weighted by Gasteiger charge is -2.31. The van der Waals surface area contributed by atoms with Crippen LogP contribution in [0.3, 0.4) is 0 Å². The van der Waals surface area contributed by atoms with Gasteiger partial charge in [-0.3, -0.25) is 10.1 Å². The van der Waals surface area contributed by atoms with E-state index in [9.17, 15) is 4.79 Å². The van der Waals surface area contributed by atoms with Gasteiger partial charge >= 0.3 is 0 Å². The van der Waals surface area contributed by atoms with E-state index in [0.717, 1.165) is 6.42 Å². The van der Waals surface area contributed by atoms with Crippen molar-refractivity contribution < 1.29 is 4.79 Å². The minimum Gasteiger partial charge on any atom is -0.337 e. The highest BCUT2D eigenvalue weighted by Crippen LogP contribution is 2.21. The van der Waals surface area contributed by atoms with Crippen LogP contribution < -0.4 is 10.6 Å². The van der Waals surface area contributed by atoms with Gasteiger partial charge in [-0.05, 0) is 19.8 Å². The number of carbonyl (C=O) groups excluding carboxylic acids is 1. The molecule has 3 unspecified atom stereocenters. The number of hydrogen-bond donors (Lipinski definition) is 2. The van der Waals surface area contributed by atoms with Crippen LogP contribution in [0, 0.1) is 5.92 Å². The molecule has 0 saturated carbocycles. The van der Waals surface area contributed by atoms with E-state index in [4.69, 9.17) is 0 Å². The standard InChI is InChI=1S/C9H18N2O/c1-5-6(2)9(4)10-7(3)8(12)11-9/h6-7,10H,5H2,1-4H3,(H,11,12). The van der Waals surface area contributed by atoms with Crippen molar-refractivity contribution in [2.75, 3.05) is 0 Å². The predicted octanol–water partition coefficient (Wildman–Crippen LogP) is 0.857. The fraction of sp³-hybridized carbons (Fsp3) is 0.889. The van der Waals surface area contributed by atoms with Gasteiger partial charge in [0.1, 0.15) is 0 Å². The highest BCUT2D eigenvalue weighted by atomic mass is 16.2. The summed E-state index contributed by atoms with van der Waals surface area (Å²) in [5.41, 5.74) is -0.203. The molecule has 12 heavy (non-hydrogen) atoms. The average Bonchev–Trinajstić information content (AvgIpc) is 2.26. The summed E-state index contributed by atoms with van der Waals surface area (Å²) in [6.07, 6.45) is 1.07. The normalized spacial score (nSPS) is 38.0. The summed E-state index contributed by atoms with van der Waals surface area (Å²) >= 11 is 0. The lowest BCUT2D eigenvalue weighted by Crippen LogP contribution is -2.52. The van der Waals surface area contributed by atoms with Crippen molar-refractivity contribution >= 4 is 5.91 Å². The Balaban J connectivity index is 2.69. The van der Waals surface area contributed by atoms with Gasteiger partial charge in [0.05, 0.1) is 11.7 Å². The van der Waals surface area contributed by atoms with Gasteiger partial charge in [-0.15, -0.1) is 0 Å². The van der Waals surface area contributed by atoms with E-state index in [-0.39, 0.29) is 17.6 Å². The second-order valence-electron chi connectivity index (χ2n) is 3.87. The van der Waals surface area contributed by atoms with Crippen molar-refractivity contribution in [2.45, 2.75) is 45.8 Å². The largest absolute Gasteiger partial charge is 0.337 e. The van der Waals surface area contributed by atoms with E-state index in [1.165, 1.54) is 0 Å². The van der Waals surface area contributed by atoms with E-state index in [0.29, 0.717) is 5.92 Å². The fourth-order valence-corrected chi connectivity index (χ4v) is 1.59. The fourth-order valence-electron chi connectivity index (χ4n) is 1.59. The maximum absolute atomic E-state index is 11.2. The number of nitrogens with one attached hydrogen (secondary N) is 2. The minimum atomic E-state index is -0.203. The summed E-state index contributed by atoms with van der Waals surface area (Å²) in [6.45, 7) is 8.21. The average molecular weight is 170 g/mol. The van der Waals surface area contributed by atoms with Crippen LogP contribution in [0.25, 0.3) is 0 Å². The van der Waals surface area contributed by atoms with Crippen molar-refractivity contribution in [1.29, 1.82) is 0 Å². The molecule has 70 valence electrons. The highest BCUT2D eigenvalue weighted by Gasteiger charge is 2.40. The highest BCUT2D eigenvalue weighted by molar-refractivity contribution is 5.84. The van der Waals surface area contributed by atoms with Gasteiger partial charge in [0.25, 0.3) is 0 Å². The molecule has 0 aromatic carbocycles. The first-order valence-corrected chi connectivity index (χ1v) is 4.59. The molecule has 0 radical (unpaired) electrons. The second kappa shape index (κ2) is 3.05. The van der Waals surface area contributed by atoms with E-state index in [1.807, 2.05) is 13.8 Å². The molecular weight excluding hydrogens is 152 g/mol. The number of rotatable bonds is 2. The lowest BCUT2D eigenvalue weighted by molar-refractivity contribution is -0.120. The molecule has 0 spiro atoms. The zero-order chi connectivity index (χ0) is 9.35. The Hall–Kier alpha value is -0.570. The first-order chi connectivity index (χ1) is 5.49. The van der Waals surface area contributed by atoms with E-state index in [1.54, 1.807) is 0 Å². The smallest absolute Gasteiger partial charge is 0.238 e. The zero-order valence-corrected chi connectivity index (χ0v) is 8.27. The Bertz CT molecular complexity index is 193. The molecule has 0 aliphatic carbocycles.